The molecule has 1 heterocycles. The molecule has 2 heteroatoms. The van der Waals surface area contributed by atoms with Gasteiger partial charge in [0.1, 0.15) is 0 Å². The van der Waals surface area contributed by atoms with Crippen LogP contribution in [0.1, 0.15) is 22.3 Å². The summed E-state index contributed by atoms with van der Waals surface area (Å²) in [6, 6.07) is 28.0. The van der Waals surface area contributed by atoms with Gasteiger partial charge < -0.3 is 9.88 Å². The third-order valence-corrected chi connectivity index (χ3v) is 4.79. The Bertz CT molecular complexity index is 999. The van der Waals surface area contributed by atoms with Crippen molar-refractivity contribution in [2.75, 3.05) is 0 Å². The summed E-state index contributed by atoms with van der Waals surface area (Å²) in [6.07, 6.45) is 2.30. The highest BCUT2D eigenvalue weighted by Crippen LogP contribution is 2.22. The smallest absolute Gasteiger partial charge is 0.0486 e. The molecule has 0 aliphatic rings. The molecule has 1 N–H and O–H groups in total. The summed E-state index contributed by atoms with van der Waals surface area (Å²) in [4.78, 5) is 0. The summed E-state index contributed by atoms with van der Waals surface area (Å²) in [5.41, 5.74) is 6.61. The molecule has 0 radical (unpaired) electrons. The monoisotopic (exact) mass is 340 g/mol. The summed E-state index contributed by atoms with van der Waals surface area (Å²) >= 11 is 0. The van der Waals surface area contributed by atoms with Crippen molar-refractivity contribution in [1.29, 1.82) is 0 Å². The number of hydrogen-bond acceptors (Lipinski definition) is 1. The molecule has 26 heavy (non-hydrogen) atoms. The van der Waals surface area contributed by atoms with Gasteiger partial charge in [0, 0.05) is 36.7 Å². The zero-order chi connectivity index (χ0) is 17.8. The van der Waals surface area contributed by atoms with E-state index in [1.54, 1.807) is 0 Å². The van der Waals surface area contributed by atoms with Crippen molar-refractivity contribution in [3.05, 3.63) is 107 Å². The second-order valence-corrected chi connectivity index (χ2v) is 6.88. The maximum Gasteiger partial charge on any atom is 0.0486 e. The Morgan fingerprint density at radius 3 is 2.38 bits per heavy atom. The molecule has 0 bridgehead atoms. The van der Waals surface area contributed by atoms with Gasteiger partial charge >= 0.3 is 0 Å². The Hall–Kier alpha value is -2.84. The SMILES string of the molecule is Cc1cccc(Cn2cc(CNCc3ccccc3)c3ccccc32)c1. The van der Waals surface area contributed by atoms with Gasteiger partial charge in [-0.25, -0.2) is 0 Å². The van der Waals surface area contributed by atoms with Crippen molar-refractivity contribution in [3.63, 3.8) is 0 Å². The third kappa shape index (κ3) is 3.71. The van der Waals surface area contributed by atoms with Crippen LogP contribution in [0.15, 0.2) is 85.1 Å². The van der Waals surface area contributed by atoms with Crippen molar-refractivity contribution in [1.82, 2.24) is 9.88 Å². The van der Waals surface area contributed by atoms with Gasteiger partial charge in [0.25, 0.3) is 0 Å². The minimum Gasteiger partial charge on any atom is -0.343 e. The molecule has 0 unspecified atom stereocenters. The van der Waals surface area contributed by atoms with Gasteiger partial charge in [-0.15, -0.1) is 0 Å². The number of rotatable bonds is 6. The van der Waals surface area contributed by atoms with Gasteiger partial charge in [0.2, 0.25) is 0 Å². The van der Waals surface area contributed by atoms with E-state index in [1.165, 1.54) is 33.2 Å². The molecule has 2 nitrogen and oxygen atoms in total. The summed E-state index contributed by atoms with van der Waals surface area (Å²) < 4.78 is 2.36. The quantitative estimate of drug-likeness (QED) is 0.505. The predicted molar refractivity (Wildman–Crippen MR) is 109 cm³/mol. The molecular formula is C24H24N2. The minimum atomic E-state index is 0.871. The fourth-order valence-electron chi connectivity index (χ4n) is 3.54. The number of aryl methyl sites for hydroxylation is 1. The average Bonchev–Trinajstić information content (AvgIpc) is 3.01. The van der Waals surface area contributed by atoms with Gasteiger partial charge in [0.05, 0.1) is 0 Å². The maximum absolute atomic E-state index is 3.58. The first-order chi connectivity index (χ1) is 12.8. The van der Waals surface area contributed by atoms with E-state index in [4.69, 9.17) is 0 Å². The zero-order valence-electron chi connectivity index (χ0n) is 15.2. The molecule has 0 amide bonds. The van der Waals surface area contributed by atoms with Crippen molar-refractivity contribution in [2.45, 2.75) is 26.6 Å². The molecule has 0 atom stereocenters. The lowest BCUT2D eigenvalue weighted by atomic mass is 10.1. The number of benzene rings is 3. The molecule has 0 saturated heterocycles. The molecule has 0 aliphatic carbocycles. The molecule has 0 saturated carbocycles. The van der Waals surface area contributed by atoms with Crippen LogP contribution in [0.2, 0.25) is 0 Å². The summed E-state index contributed by atoms with van der Waals surface area (Å²) in [5, 5.41) is 4.92. The number of aromatic nitrogens is 1. The lowest BCUT2D eigenvalue weighted by Crippen LogP contribution is -2.12. The van der Waals surface area contributed by atoms with Crippen molar-refractivity contribution in [3.8, 4) is 0 Å². The number of hydrogen-bond donors (Lipinski definition) is 1. The van der Waals surface area contributed by atoms with E-state index in [1.807, 2.05) is 0 Å². The number of para-hydroxylation sites is 1. The first-order valence-electron chi connectivity index (χ1n) is 9.16. The van der Waals surface area contributed by atoms with E-state index < -0.39 is 0 Å². The Balaban J connectivity index is 1.55. The zero-order valence-corrected chi connectivity index (χ0v) is 15.2. The molecule has 1 aromatic heterocycles. The second kappa shape index (κ2) is 7.59. The van der Waals surface area contributed by atoms with Crippen LogP contribution in [0.3, 0.4) is 0 Å². The summed E-state index contributed by atoms with van der Waals surface area (Å²) in [7, 11) is 0. The Kier molecular flexibility index (Phi) is 4.85. The van der Waals surface area contributed by atoms with E-state index >= 15 is 0 Å². The largest absolute Gasteiger partial charge is 0.343 e. The lowest BCUT2D eigenvalue weighted by molar-refractivity contribution is 0.692. The Morgan fingerprint density at radius 1 is 0.769 bits per heavy atom. The summed E-state index contributed by atoms with van der Waals surface area (Å²) in [5.74, 6) is 0. The van der Waals surface area contributed by atoms with E-state index in [0.29, 0.717) is 0 Å². The first kappa shape index (κ1) is 16.6. The Labute approximate surface area is 155 Å². The first-order valence-corrected chi connectivity index (χ1v) is 9.16. The van der Waals surface area contributed by atoms with E-state index in [9.17, 15) is 0 Å². The lowest BCUT2D eigenvalue weighted by Gasteiger charge is -2.06. The molecule has 0 fully saturated rings. The maximum atomic E-state index is 3.58. The Morgan fingerprint density at radius 2 is 1.54 bits per heavy atom. The predicted octanol–water partition coefficient (Wildman–Crippen LogP) is 5.29. The molecule has 4 aromatic rings. The fraction of sp³-hybridized carbons (Fsp3) is 0.167. The average molecular weight is 340 g/mol. The topological polar surface area (TPSA) is 17.0 Å². The van der Waals surface area contributed by atoms with Gasteiger partial charge in [-0.05, 0) is 29.7 Å². The van der Waals surface area contributed by atoms with Crippen LogP contribution in [0.5, 0.6) is 0 Å². The van der Waals surface area contributed by atoms with Crippen molar-refractivity contribution in [2.24, 2.45) is 0 Å². The normalized spacial score (nSPS) is 11.1. The fourth-order valence-corrected chi connectivity index (χ4v) is 3.54. The van der Waals surface area contributed by atoms with E-state index in [0.717, 1.165) is 19.6 Å². The molecule has 0 aliphatic heterocycles. The van der Waals surface area contributed by atoms with Crippen LogP contribution < -0.4 is 5.32 Å². The molecular weight excluding hydrogens is 316 g/mol. The number of nitrogens with one attached hydrogen (secondary N) is 1. The minimum absolute atomic E-state index is 0.871. The molecule has 0 spiro atoms. The van der Waals surface area contributed by atoms with Crippen LogP contribution in [0.25, 0.3) is 10.9 Å². The van der Waals surface area contributed by atoms with E-state index in [-0.39, 0.29) is 0 Å². The van der Waals surface area contributed by atoms with Crippen LogP contribution in [0.4, 0.5) is 0 Å². The standard InChI is InChI=1S/C24H24N2/c1-19-8-7-11-21(14-19)17-26-18-22(23-12-5-6-13-24(23)26)16-25-15-20-9-3-2-4-10-20/h2-14,18,25H,15-17H2,1H3. The number of fused-ring (bicyclic) bond motifs is 1. The van der Waals surface area contributed by atoms with Crippen LogP contribution in [0, 0.1) is 6.92 Å². The molecule has 4 rings (SSSR count). The van der Waals surface area contributed by atoms with Crippen LogP contribution >= 0.6 is 0 Å². The van der Waals surface area contributed by atoms with Crippen LogP contribution in [-0.2, 0) is 19.6 Å². The number of nitrogens with zero attached hydrogens (tertiary/aromatic N) is 1. The highest BCUT2D eigenvalue weighted by Gasteiger charge is 2.08. The van der Waals surface area contributed by atoms with Crippen molar-refractivity contribution >= 4 is 10.9 Å². The van der Waals surface area contributed by atoms with Gasteiger partial charge in [-0.3, -0.25) is 0 Å². The third-order valence-electron chi connectivity index (χ3n) is 4.79. The molecule has 3 aromatic carbocycles. The van der Waals surface area contributed by atoms with Gasteiger partial charge in [0.15, 0.2) is 0 Å². The highest BCUT2D eigenvalue weighted by molar-refractivity contribution is 5.84. The van der Waals surface area contributed by atoms with E-state index in [2.05, 4.69) is 102 Å². The van der Waals surface area contributed by atoms with Gasteiger partial charge in [-0.1, -0.05) is 78.4 Å². The summed E-state index contributed by atoms with van der Waals surface area (Å²) in [6.45, 7) is 4.81. The van der Waals surface area contributed by atoms with Crippen LogP contribution in [-0.4, -0.2) is 4.57 Å². The highest BCUT2D eigenvalue weighted by atomic mass is 15.0. The molecule has 130 valence electrons. The van der Waals surface area contributed by atoms with Gasteiger partial charge in [-0.2, -0.15) is 0 Å². The van der Waals surface area contributed by atoms with Crippen molar-refractivity contribution < 1.29 is 0 Å². The second-order valence-electron chi connectivity index (χ2n) is 6.88.